The van der Waals surface area contributed by atoms with E-state index in [1.807, 2.05) is 13.0 Å². The van der Waals surface area contributed by atoms with Crippen LogP contribution in [0.5, 0.6) is 5.75 Å². The molecular weight excluding hydrogens is 270 g/mol. The summed E-state index contributed by atoms with van der Waals surface area (Å²) in [6.07, 6.45) is 2.35. The summed E-state index contributed by atoms with van der Waals surface area (Å²) in [6.45, 7) is 5.52. The summed E-state index contributed by atoms with van der Waals surface area (Å²) < 4.78 is 10.7. The maximum atomic E-state index is 12.0. The van der Waals surface area contributed by atoms with Crippen molar-refractivity contribution in [3.8, 4) is 11.8 Å². The Morgan fingerprint density at radius 2 is 2.10 bits per heavy atom. The van der Waals surface area contributed by atoms with Crippen LogP contribution in [0.3, 0.4) is 0 Å². The molecule has 5 nitrogen and oxygen atoms in total. The monoisotopic (exact) mass is 289 g/mol. The number of benzene rings is 1. The molecule has 21 heavy (non-hydrogen) atoms. The van der Waals surface area contributed by atoms with Gasteiger partial charge in [0.15, 0.2) is 5.60 Å². The van der Waals surface area contributed by atoms with Crippen LogP contribution in [0.1, 0.15) is 49.5 Å². The molecule has 0 aliphatic rings. The molecule has 0 spiro atoms. The number of hydrogen-bond donors (Lipinski definition) is 0. The largest absolute Gasteiger partial charge is 0.476 e. The van der Waals surface area contributed by atoms with E-state index in [1.165, 1.54) is 18.2 Å². The molecule has 0 amide bonds. The van der Waals surface area contributed by atoms with Gasteiger partial charge in [-0.2, -0.15) is 5.26 Å². The number of carbonyl (C=O) groups excluding carboxylic acids is 2. The van der Waals surface area contributed by atoms with Crippen LogP contribution in [0.25, 0.3) is 0 Å². The van der Waals surface area contributed by atoms with E-state index >= 15 is 0 Å². The number of nitriles is 1. The molecule has 0 atom stereocenters. The highest BCUT2D eigenvalue weighted by Gasteiger charge is 2.32. The lowest BCUT2D eigenvalue weighted by Crippen LogP contribution is -2.40. The molecule has 0 heterocycles. The first kappa shape index (κ1) is 16.7. The van der Waals surface area contributed by atoms with E-state index in [-0.39, 0.29) is 5.75 Å². The zero-order valence-electron chi connectivity index (χ0n) is 12.5. The summed E-state index contributed by atoms with van der Waals surface area (Å²) in [5, 5.41) is 8.92. The van der Waals surface area contributed by atoms with E-state index in [0.29, 0.717) is 24.0 Å². The van der Waals surface area contributed by atoms with Gasteiger partial charge in [-0.15, -0.1) is 0 Å². The normalized spacial score (nSPS) is 10.6. The highest BCUT2D eigenvalue weighted by atomic mass is 16.6. The van der Waals surface area contributed by atoms with Gasteiger partial charge in [0.1, 0.15) is 12.0 Å². The third kappa shape index (κ3) is 4.92. The molecule has 1 rings (SSSR count). The van der Waals surface area contributed by atoms with Crippen molar-refractivity contribution in [3.63, 3.8) is 0 Å². The van der Waals surface area contributed by atoms with E-state index < -0.39 is 11.6 Å². The van der Waals surface area contributed by atoms with Crippen LogP contribution in [-0.4, -0.2) is 24.5 Å². The van der Waals surface area contributed by atoms with Crippen molar-refractivity contribution in [2.45, 2.75) is 39.2 Å². The first-order valence-corrected chi connectivity index (χ1v) is 6.79. The second-order valence-corrected chi connectivity index (χ2v) is 5.12. The SMILES string of the molecule is CCCCOC(=O)C(C)(C)Oc1cc(C#N)cc(C=O)c1. The highest BCUT2D eigenvalue weighted by Crippen LogP contribution is 2.22. The summed E-state index contributed by atoms with van der Waals surface area (Å²) in [4.78, 5) is 22.8. The average molecular weight is 289 g/mol. The van der Waals surface area contributed by atoms with Crippen molar-refractivity contribution in [3.05, 3.63) is 29.3 Å². The Balaban J connectivity index is 2.85. The molecule has 1 aromatic carbocycles. The second kappa shape index (κ2) is 7.44. The van der Waals surface area contributed by atoms with Crippen LogP contribution in [-0.2, 0) is 9.53 Å². The van der Waals surface area contributed by atoms with Crippen LogP contribution in [0.2, 0.25) is 0 Å². The maximum Gasteiger partial charge on any atom is 0.349 e. The van der Waals surface area contributed by atoms with Crippen molar-refractivity contribution >= 4 is 12.3 Å². The number of esters is 1. The molecule has 0 fully saturated rings. The number of ether oxygens (including phenoxy) is 2. The van der Waals surface area contributed by atoms with Gasteiger partial charge >= 0.3 is 5.97 Å². The fourth-order valence-corrected chi connectivity index (χ4v) is 1.63. The average Bonchev–Trinajstić information content (AvgIpc) is 2.46. The van der Waals surface area contributed by atoms with Crippen LogP contribution >= 0.6 is 0 Å². The van der Waals surface area contributed by atoms with Crippen LogP contribution in [0.4, 0.5) is 0 Å². The first-order valence-electron chi connectivity index (χ1n) is 6.79. The smallest absolute Gasteiger partial charge is 0.349 e. The van der Waals surface area contributed by atoms with Gasteiger partial charge in [-0.25, -0.2) is 4.79 Å². The minimum atomic E-state index is -1.19. The van der Waals surface area contributed by atoms with Crippen molar-refractivity contribution in [2.24, 2.45) is 0 Å². The van der Waals surface area contributed by atoms with Gasteiger partial charge in [0, 0.05) is 5.56 Å². The molecule has 112 valence electrons. The van der Waals surface area contributed by atoms with Gasteiger partial charge in [0.25, 0.3) is 0 Å². The first-order chi connectivity index (χ1) is 9.92. The number of unbranched alkanes of at least 4 members (excludes halogenated alkanes) is 1. The third-order valence-electron chi connectivity index (χ3n) is 2.79. The number of rotatable bonds is 7. The number of hydrogen-bond acceptors (Lipinski definition) is 5. The zero-order chi connectivity index (χ0) is 15.9. The van der Waals surface area contributed by atoms with Gasteiger partial charge in [0.2, 0.25) is 0 Å². The lowest BCUT2D eigenvalue weighted by Gasteiger charge is -2.24. The molecule has 0 saturated carbocycles. The predicted molar refractivity (Wildman–Crippen MR) is 77.1 cm³/mol. The fraction of sp³-hybridized carbons (Fsp3) is 0.438. The van der Waals surface area contributed by atoms with E-state index in [9.17, 15) is 9.59 Å². The Bertz CT molecular complexity index is 558. The van der Waals surface area contributed by atoms with Gasteiger partial charge in [-0.3, -0.25) is 4.79 Å². The van der Waals surface area contributed by atoms with Crippen LogP contribution < -0.4 is 4.74 Å². The van der Waals surface area contributed by atoms with Crippen molar-refractivity contribution in [2.75, 3.05) is 6.61 Å². The standard InChI is InChI=1S/C16H19NO4/c1-4-5-6-20-15(19)16(2,3)21-14-8-12(10-17)7-13(9-14)11-18/h7-9,11H,4-6H2,1-3H3. The second-order valence-electron chi connectivity index (χ2n) is 5.12. The van der Waals surface area contributed by atoms with Crippen LogP contribution in [0, 0.1) is 11.3 Å². The zero-order valence-corrected chi connectivity index (χ0v) is 12.5. The Hall–Kier alpha value is -2.35. The minimum Gasteiger partial charge on any atom is -0.476 e. The quantitative estimate of drug-likeness (QED) is 0.438. The van der Waals surface area contributed by atoms with E-state index in [4.69, 9.17) is 14.7 Å². The summed E-state index contributed by atoms with van der Waals surface area (Å²) in [5.74, 6) is -0.195. The Kier molecular flexibility index (Phi) is 5.92. The molecule has 0 aliphatic heterocycles. The molecule has 0 bridgehead atoms. The fourth-order valence-electron chi connectivity index (χ4n) is 1.63. The molecule has 0 saturated heterocycles. The van der Waals surface area contributed by atoms with Gasteiger partial charge < -0.3 is 9.47 Å². The summed E-state index contributed by atoms with van der Waals surface area (Å²) in [5.41, 5.74) is -0.578. The molecule has 1 aromatic rings. The Labute approximate surface area is 124 Å². The lowest BCUT2D eigenvalue weighted by atomic mass is 10.1. The Morgan fingerprint density at radius 3 is 2.67 bits per heavy atom. The molecule has 0 aromatic heterocycles. The van der Waals surface area contributed by atoms with Gasteiger partial charge in [0.05, 0.1) is 18.2 Å². The Morgan fingerprint density at radius 1 is 1.38 bits per heavy atom. The van der Waals surface area contributed by atoms with Crippen molar-refractivity contribution < 1.29 is 19.1 Å². The number of aldehydes is 1. The van der Waals surface area contributed by atoms with Crippen LogP contribution in [0.15, 0.2) is 18.2 Å². The highest BCUT2D eigenvalue weighted by molar-refractivity contribution is 5.79. The molecule has 5 heteroatoms. The summed E-state index contributed by atoms with van der Waals surface area (Å²) in [6, 6.07) is 6.36. The lowest BCUT2D eigenvalue weighted by molar-refractivity contribution is -0.159. The molecular formula is C16H19NO4. The van der Waals surface area contributed by atoms with E-state index in [0.717, 1.165) is 12.8 Å². The van der Waals surface area contributed by atoms with Crippen molar-refractivity contribution in [1.29, 1.82) is 5.26 Å². The molecule has 0 N–H and O–H groups in total. The van der Waals surface area contributed by atoms with E-state index in [2.05, 4.69) is 0 Å². The summed E-state index contributed by atoms with van der Waals surface area (Å²) >= 11 is 0. The van der Waals surface area contributed by atoms with Crippen molar-refractivity contribution in [1.82, 2.24) is 0 Å². The maximum absolute atomic E-state index is 12.0. The summed E-state index contributed by atoms with van der Waals surface area (Å²) in [7, 11) is 0. The predicted octanol–water partition coefficient (Wildman–Crippen LogP) is 2.87. The van der Waals surface area contributed by atoms with E-state index in [1.54, 1.807) is 13.8 Å². The minimum absolute atomic E-state index is 0.286. The molecule has 0 radical (unpaired) electrons. The number of nitrogens with zero attached hydrogens (tertiary/aromatic N) is 1. The topological polar surface area (TPSA) is 76.4 Å². The van der Waals surface area contributed by atoms with Gasteiger partial charge in [-0.05, 0) is 38.5 Å². The number of carbonyl (C=O) groups is 2. The van der Waals surface area contributed by atoms with Gasteiger partial charge in [-0.1, -0.05) is 13.3 Å². The molecule has 0 aliphatic carbocycles. The molecule has 0 unspecified atom stereocenters. The third-order valence-corrected chi connectivity index (χ3v) is 2.79.